The molecule has 2 aromatic rings. The zero-order chi connectivity index (χ0) is 17.5. The number of rotatable bonds is 6. The van der Waals surface area contributed by atoms with E-state index in [0.29, 0.717) is 11.8 Å². The topological polar surface area (TPSA) is 20.3 Å². The lowest BCUT2D eigenvalue weighted by Crippen LogP contribution is -2.42. The molecule has 1 amide bonds. The Labute approximate surface area is 155 Å². The van der Waals surface area contributed by atoms with E-state index in [-0.39, 0.29) is 5.25 Å². The maximum Gasteiger partial charge on any atom is 0.235 e. The van der Waals surface area contributed by atoms with Crippen LogP contribution in [0.25, 0.3) is 0 Å². The molecule has 0 aliphatic carbocycles. The highest BCUT2D eigenvalue weighted by Crippen LogP contribution is 2.25. The first kappa shape index (κ1) is 18.1. The van der Waals surface area contributed by atoms with E-state index in [4.69, 9.17) is 0 Å². The van der Waals surface area contributed by atoms with Crippen LogP contribution in [0.4, 0.5) is 0 Å². The molecule has 3 rings (SSSR count). The number of carbonyl (C=O) groups excluding carboxylic acids is 1. The van der Waals surface area contributed by atoms with Gasteiger partial charge in [0.2, 0.25) is 5.91 Å². The van der Waals surface area contributed by atoms with E-state index in [1.807, 2.05) is 13.0 Å². The average Bonchev–Trinajstić information content (AvgIpc) is 2.68. The van der Waals surface area contributed by atoms with Gasteiger partial charge < -0.3 is 4.90 Å². The molecule has 0 N–H and O–H groups in total. The molecule has 1 aliphatic rings. The minimum absolute atomic E-state index is 0.0332. The molecular formula is C22H27NOS. The first-order chi connectivity index (χ1) is 12.2. The van der Waals surface area contributed by atoms with Crippen molar-refractivity contribution in [3.8, 4) is 0 Å². The van der Waals surface area contributed by atoms with Gasteiger partial charge in [-0.25, -0.2) is 0 Å². The third-order valence-corrected chi connectivity index (χ3v) is 6.19. The van der Waals surface area contributed by atoms with Crippen molar-refractivity contribution in [1.82, 2.24) is 4.90 Å². The Hall–Kier alpha value is -1.74. The van der Waals surface area contributed by atoms with E-state index >= 15 is 0 Å². The van der Waals surface area contributed by atoms with Crippen molar-refractivity contribution in [1.29, 1.82) is 0 Å². The number of nitrogens with zero attached hydrogens (tertiary/aromatic N) is 1. The van der Waals surface area contributed by atoms with Crippen LogP contribution in [0, 0.1) is 5.92 Å². The molecule has 0 radical (unpaired) electrons. The van der Waals surface area contributed by atoms with Crippen molar-refractivity contribution in [2.75, 3.05) is 13.1 Å². The van der Waals surface area contributed by atoms with E-state index in [9.17, 15) is 4.79 Å². The first-order valence-electron chi connectivity index (χ1n) is 9.20. The van der Waals surface area contributed by atoms with Crippen LogP contribution < -0.4 is 0 Å². The molecule has 1 heterocycles. The Morgan fingerprint density at radius 3 is 2.16 bits per heavy atom. The molecule has 2 nitrogen and oxygen atoms in total. The molecule has 1 saturated heterocycles. The third kappa shape index (κ3) is 5.37. The van der Waals surface area contributed by atoms with Crippen molar-refractivity contribution in [2.45, 2.75) is 37.2 Å². The summed E-state index contributed by atoms with van der Waals surface area (Å²) >= 11 is 1.74. The van der Waals surface area contributed by atoms with Gasteiger partial charge in [-0.05, 0) is 43.2 Å². The van der Waals surface area contributed by atoms with Gasteiger partial charge in [0.1, 0.15) is 0 Å². The smallest absolute Gasteiger partial charge is 0.235 e. The number of amides is 1. The van der Waals surface area contributed by atoms with Crippen molar-refractivity contribution >= 4 is 17.7 Å². The Morgan fingerprint density at radius 2 is 1.56 bits per heavy atom. The van der Waals surface area contributed by atoms with Gasteiger partial charge in [0.05, 0.1) is 5.25 Å². The van der Waals surface area contributed by atoms with Crippen LogP contribution in [0.15, 0.2) is 60.7 Å². The van der Waals surface area contributed by atoms with E-state index in [1.54, 1.807) is 11.8 Å². The van der Waals surface area contributed by atoms with Crippen LogP contribution >= 0.6 is 11.8 Å². The van der Waals surface area contributed by atoms with Crippen LogP contribution in [-0.2, 0) is 17.0 Å². The predicted molar refractivity (Wildman–Crippen MR) is 107 cm³/mol. The van der Waals surface area contributed by atoms with Crippen LogP contribution in [0.3, 0.4) is 0 Å². The summed E-state index contributed by atoms with van der Waals surface area (Å²) in [6.45, 7) is 3.87. The zero-order valence-corrected chi connectivity index (χ0v) is 15.8. The molecular weight excluding hydrogens is 326 g/mol. The predicted octanol–water partition coefficient (Wildman–Crippen LogP) is 4.79. The molecule has 0 saturated carbocycles. The van der Waals surface area contributed by atoms with E-state index < -0.39 is 0 Å². The van der Waals surface area contributed by atoms with Gasteiger partial charge >= 0.3 is 0 Å². The van der Waals surface area contributed by atoms with Gasteiger partial charge in [0, 0.05) is 18.8 Å². The third-order valence-electron chi connectivity index (χ3n) is 4.98. The number of hydrogen-bond donors (Lipinski definition) is 0. The molecule has 3 heteroatoms. The molecule has 0 bridgehead atoms. The lowest BCUT2D eigenvalue weighted by atomic mass is 9.90. The second-order valence-corrected chi connectivity index (χ2v) is 8.23. The summed E-state index contributed by atoms with van der Waals surface area (Å²) in [7, 11) is 0. The van der Waals surface area contributed by atoms with Crippen molar-refractivity contribution < 1.29 is 4.79 Å². The Morgan fingerprint density at radius 1 is 1.00 bits per heavy atom. The Kier molecular flexibility index (Phi) is 6.57. The molecule has 1 fully saturated rings. The maximum absolute atomic E-state index is 12.7. The summed E-state index contributed by atoms with van der Waals surface area (Å²) in [6.07, 6.45) is 3.38. The molecule has 1 atom stereocenters. The van der Waals surface area contributed by atoms with Gasteiger partial charge in [-0.1, -0.05) is 60.7 Å². The summed E-state index contributed by atoms with van der Waals surface area (Å²) in [5.41, 5.74) is 2.70. The van der Waals surface area contributed by atoms with Crippen molar-refractivity contribution in [3.05, 3.63) is 71.8 Å². The lowest BCUT2D eigenvalue weighted by Gasteiger charge is -2.33. The normalized spacial score (nSPS) is 16.6. The van der Waals surface area contributed by atoms with Crippen LogP contribution in [0.5, 0.6) is 0 Å². The number of thioether (sulfide) groups is 1. The number of carbonyl (C=O) groups is 1. The highest BCUT2D eigenvalue weighted by molar-refractivity contribution is 7.99. The number of benzene rings is 2. The van der Waals surface area contributed by atoms with Crippen LogP contribution in [0.2, 0.25) is 0 Å². The Bertz CT molecular complexity index is 650. The first-order valence-corrected chi connectivity index (χ1v) is 10.3. The maximum atomic E-state index is 12.7. The fourth-order valence-corrected chi connectivity index (χ4v) is 4.36. The van der Waals surface area contributed by atoms with E-state index in [1.165, 1.54) is 11.1 Å². The molecule has 132 valence electrons. The fourth-order valence-electron chi connectivity index (χ4n) is 3.43. The SMILES string of the molecule is C[C@@H](SCc1ccccc1)C(=O)N1CCC(Cc2ccccc2)CC1. The lowest BCUT2D eigenvalue weighted by molar-refractivity contribution is -0.131. The molecule has 1 aliphatic heterocycles. The van der Waals surface area contributed by atoms with Gasteiger partial charge in [0.25, 0.3) is 0 Å². The van der Waals surface area contributed by atoms with Crippen molar-refractivity contribution in [2.24, 2.45) is 5.92 Å². The summed E-state index contributed by atoms with van der Waals surface area (Å²) < 4.78 is 0. The summed E-state index contributed by atoms with van der Waals surface area (Å²) in [4.78, 5) is 14.8. The minimum Gasteiger partial charge on any atom is -0.342 e. The van der Waals surface area contributed by atoms with Crippen LogP contribution in [-0.4, -0.2) is 29.1 Å². The Balaban J connectivity index is 1.43. The minimum atomic E-state index is 0.0332. The summed E-state index contributed by atoms with van der Waals surface area (Å²) in [5, 5.41) is 0.0332. The van der Waals surface area contributed by atoms with Crippen molar-refractivity contribution in [3.63, 3.8) is 0 Å². The second kappa shape index (κ2) is 9.10. The van der Waals surface area contributed by atoms with Gasteiger partial charge in [-0.2, -0.15) is 0 Å². The number of piperidine rings is 1. The highest BCUT2D eigenvalue weighted by atomic mass is 32.2. The molecule has 2 aromatic carbocycles. The zero-order valence-electron chi connectivity index (χ0n) is 14.9. The standard InChI is InChI=1S/C22H27NOS/c1-18(25-17-21-10-6-3-7-11-21)22(24)23-14-12-20(13-15-23)16-19-8-4-2-5-9-19/h2-11,18,20H,12-17H2,1H3/t18-/m1/s1. The van der Waals surface area contributed by atoms with Crippen LogP contribution in [0.1, 0.15) is 30.9 Å². The van der Waals surface area contributed by atoms with Gasteiger partial charge in [-0.15, -0.1) is 11.8 Å². The van der Waals surface area contributed by atoms with E-state index in [2.05, 4.69) is 59.5 Å². The monoisotopic (exact) mass is 353 g/mol. The average molecular weight is 354 g/mol. The van der Waals surface area contributed by atoms with Gasteiger partial charge in [-0.3, -0.25) is 4.79 Å². The number of likely N-dealkylation sites (tertiary alicyclic amines) is 1. The fraction of sp³-hybridized carbons (Fsp3) is 0.409. The molecule has 0 spiro atoms. The molecule has 25 heavy (non-hydrogen) atoms. The molecule has 0 aromatic heterocycles. The number of hydrogen-bond acceptors (Lipinski definition) is 2. The summed E-state index contributed by atoms with van der Waals surface area (Å²) in [6, 6.07) is 21.1. The van der Waals surface area contributed by atoms with Gasteiger partial charge in [0.15, 0.2) is 0 Å². The summed E-state index contributed by atoms with van der Waals surface area (Å²) in [5.74, 6) is 1.91. The quantitative estimate of drug-likeness (QED) is 0.744. The van der Waals surface area contributed by atoms with E-state index in [0.717, 1.165) is 38.1 Å². The largest absolute Gasteiger partial charge is 0.342 e. The second-order valence-electron chi connectivity index (χ2n) is 6.90. The highest BCUT2D eigenvalue weighted by Gasteiger charge is 2.26. The molecule has 0 unspecified atom stereocenters.